The summed E-state index contributed by atoms with van der Waals surface area (Å²) in [4.78, 5) is 14.0. The van der Waals surface area contributed by atoms with E-state index in [1.54, 1.807) is 0 Å². The number of carbonyl (C=O) groups is 1. The van der Waals surface area contributed by atoms with Gasteiger partial charge in [-0.15, -0.1) is 0 Å². The topological polar surface area (TPSA) is 20.3 Å². The van der Waals surface area contributed by atoms with E-state index in [1.807, 2.05) is 11.9 Å². The fourth-order valence-corrected chi connectivity index (χ4v) is 2.59. The molecule has 0 unspecified atom stereocenters. The van der Waals surface area contributed by atoms with Crippen molar-refractivity contribution in [2.24, 2.45) is 5.92 Å². The van der Waals surface area contributed by atoms with Crippen molar-refractivity contribution < 1.29 is 4.79 Å². The van der Waals surface area contributed by atoms with E-state index in [4.69, 9.17) is 0 Å². The summed E-state index contributed by atoms with van der Waals surface area (Å²) in [5, 5.41) is 0. The molecule has 0 saturated heterocycles. The number of hydrogen-bond acceptors (Lipinski definition) is 1. The molecule has 0 N–H and O–H groups in total. The van der Waals surface area contributed by atoms with Gasteiger partial charge in [0.15, 0.2) is 0 Å². The fourth-order valence-electron chi connectivity index (χ4n) is 2.59. The zero-order valence-electron chi connectivity index (χ0n) is 9.17. The maximum Gasteiger partial charge on any atom is 0.225 e. The molecule has 0 aromatic heterocycles. The van der Waals surface area contributed by atoms with Gasteiger partial charge in [-0.05, 0) is 25.7 Å². The molecular weight excluding hydrogens is 174 g/mol. The van der Waals surface area contributed by atoms with Gasteiger partial charge in [0, 0.05) is 19.0 Å². The van der Waals surface area contributed by atoms with E-state index in [-0.39, 0.29) is 0 Å². The minimum absolute atomic E-state index is 0.377. The molecule has 0 radical (unpaired) electrons. The van der Waals surface area contributed by atoms with Crippen molar-refractivity contribution >= 4 is 5.91 Å². The SMILES string of the molecule is CN(C(=O)C1CCC1)C1CCCCC1. The van der Waals surface area contributed by atoms with Gasteiger partial charge < -0.3 is 4.90 Å². The largest absolute Gasteiger partial charge is 0.343 e. The van der Waals surface area contributed by atoms with E-state index in [9.17, 15) is 4.79 Å². The summed E-state index contributed by atoms with van der Waals surface area (Å²) in [5.41, 5.74) is 0. The average Bonchev–Trinajstić information content (AvgIpc) is 2.15. The van der Waals surface area contributed by atoms with Crippen molar-refractivity contribution in [1.82, 2.24) is 4.90 Å². The number of amides is 1. The van der Waals surface area contributed by atoms with Crippen LogP contribution in [0.3, 0.4) is 0 Å². The molecule has 0 heterocycles. The second kappa shape index (κ2) is 4.33. The Balaban J connectivity index is 1.85. The van der Waals surface area contributed by atoms with Gasteiger partial charge >= 0.3 is 0 Å². The van der Waals surface area contributed by atoms with Gasteiger partial charge in [-0.2, -0.15) is 0 Å². The van der Waals surface area contributed by atoms with Crippen LogP contribution in [0.25, 0.3) is 0 Å². The van der Waals surface area contributed by atoms with Crippen LogP contribution in [0, 0.1) is 5.92 Å². The molecule has 0 aromatic rings. The van der Waals surface area contributed by atoms with Gasteiger partial charge in [0.1, 0.15) is 0 Å². The summed E-state index contributed by atoms with van der Waals surface area (Å²) in [6.45, 7) is 0. The number of nitrogens with zero attached hydrogens (tertiary/aromatic N) is 1. The van der Waals surface area contributed by atoms with Crippen molar-refractivity contribution in [3.05, 3.63) is 0 Å². The molecule has 2 heteroatoms. The molecule has 14 heavy (non-hydrogen) atoms. The van der Waals surface area contributed by atoms with Gasteiger partial charge in [-0.3, -0.25) is 4.79 Å². The lowest BCUT2D eigenvalue weighted by Crippen LogP contribution is -2.43. The highest BCUT2D eigenvalue weighted by Crippen LogP contribution is 2.30. The lowest BCUT2D eigenvalue weighted by molar-refractivity contribution is -0.139. The Hall–Kier alpha value is -0.530. The molecular formula is C12H21NO. The van der Waals surface area contributed by atoms with E-state index in [1.165, 1.54) is 38.5 Å². The van der Waals surface area contributed by atoms with E-state index >= 15 is 0 Å². The van der Waals surface area contributed by atoms with Crippen molar-refractivity contribution in [2.75, 3.05) is 7.05 Å². The number of carbonyl (C=O) groups excluding carboxylic acids is 1. The highest BCUT2D eigenvalue weighted by Gasteiger charge is 2.31. The van der Waals surface area contributed by atoms with Crippen LogP contribution in [0.4, 0.5) is 0 Å². The van der Waals surface area contributed by atoms with Gasteiger partial charge in [-0.1, -0.05) is 25.7 Å². The predicted molar refractivity (Wildman–Crippen MR) is 57.0 cm³/mol. The first-order valence-electron chi connectivity index (χ1n) is 6.05. The van der Waals surface area contributed by atoms with E-state index in [0.29, 0.717) is 17.9 Å². The van der Waals surface area contributed by atoms with Crippen LogP contribution in [-0.4, -0.2) is 23.9 Å². The van der Waals surface area contributed by atoms with Crippen molar-refractivity contribution in [1.29, 1.82) is 0 Å². The molecule has 0 atom stereocenters. The predicted octanol–water partition coefficient (Wildman–Crippen LogP) is 2.58. The Morgan fingerprint density at radius 1 is 1.00 bits per heavy atom. The van der Waals surface area contributed by atoms with Crippen LogP contribution < -0.4 is 0 Å². The smallest absolute Gasteiger partial charge is 0.225 e. The van der Waals surface area contributed by atoms with Gasteiger partial charge in [0.05, 0.1) is 0 Å². The zero-order valence-corrected chi connectivity index (χ0v) is 9.17. The third kappa shape index (κ3) is 1.94. The van der Waals surface area contributed by atoms with Gasteiger partial charge in [-0.25, -0.2) is 0 Å². The van der Waals surface area contributed by atoms with E-state index in [2.05, 4.69) is 0 Å². The van der Waals surface area contributed by atoms with Crippen LogP contribution in [0.15, 0.2) is 0 Å². The van der Waals surface area contributed by atoms with Gasteiger partial charge in [0.25, 0.3) is 0 Å². The fraction of sp³-hybridized carbons (Fsp3) is 0.917. The first-order valence-corrected chi connectivity index (χ1v) is 6.05. The van der Waals surface area contributed by atoms with Crippen molar-refractivity contribution in [3.8, 4) is 0 Å². The number of rotatable bonds is 2. The Morgan fingerprint density at radius 3 is 2.14 bits per heavy atom. The molecule has 0 spiro atoms. The molecule has 0 aromatic carbocycles. The summed E-state index contributed by atoms with van der Waals surface area (Å²) in [6, 6.07) is 0.553. The highest BCUT2D eigenvalue weighted by molar-refractivity contribution is 5.79. The summed E-state index contributed by atoms with van der Waals surface area (Å²) in [6.07, 6.45) is 9.98. The Bertz CT molecular complexity index is 204. The zero-order chi connectivity index (χ0) is 9.97. The molecule has 0 bridgehead atoms. The molecule has 80 valence electrons. The highest BCUT2D eigenvalue weighted by atomic mass is 16.2. The maximum atomic E-state index is 12.0. The molecule has 2 aliphatic carbocycles. The monoisotopic (exact) mass is 195 g/mol. The molecule has 2 rings (SSSR count). The van der Waals surface area contributed by atoms with E-state index < -0.39 is 0 Å². The van der Waals surface area contributed by atoms with Crippen molar-refractivity contribution in [2.45, 2.75) is 57.4 Å². The summed E-state index contributed by atoms with van der Waals surface area (Å²) in [5.74, 6) is 0.796. The molecule has 2 aliphatic rings. The first-order chi connectivity index (χ1) is 6.79. The second-order valence-corrected chi connectivity index (χ2v) is 4.87. The Kier molecular flexibility index (Phi) is 3.09. The minimum Gasteiger partial charge on any atom is -0.343 e. The van der Waals surface area contributed by atoms with Crippen LogP contribution in [-0.2, 0) is 4.79 Å². The van der Waals surface area contributed by atoms with E-state index in [0.717, 1.165) is 12.8 Å². The van der Waals surface area contributed by atoms with Crippen LogP contribution >= 0.6 is 0 Å². The maximum absolute atomic E-state index is 12.0. The minimum atomic E-state index is 0.377. The molecule has 2 nitrogen and oxygen atoms in total. The molecule has 2 saturated carbocycles. The van der Waals surface area contributed by atoms with Gasteiger partial charge in [0.2, 0.25) is 5.91 Å². The van der Waals surface area contributed by atoms with Crippen LogP contribution in [0.5, 0.6) is 0 Å². The van der Waals surface area contributed by atoms with Crippen LogP contribution in [0.2, 0.25) is 0 Å². The molecule has 2 fully saturated rings. The quantitative estimate of drug-likeness (QED) is 0.663. The van der Waals surface area contributed by atoms with Crippen molar-refractivity contribution in [3.63, 3.8) is 0 Å². The second-order valence-electron chi connectivity index (χ2n) is 4.87. The Morgan fingerprint density at radius 2 is 1.64 bits per heavy atom. The average molecular weight is 195 g/mol. The summed E-state index contributed by atoms with van der Waals surface area (Å²) < 4.78 is 0. The third-order valence-electron chi connectivity index (χ3n) is 3.92. The van der Waals surface area contributed by atoms with Crippen LogP contribution in [0.1, 0.15) is 51.4 Å². The summed E-state index contributed by atoms with van der Waals surface area (Å²) in [7, 11) is 2.01. The number of hydrogen-bond donors (Lipinski definition) is 0. The molecule has 1 amide bonds. The Labute approximate surface area is 86.7 Å². The first kappa shape index (κ1) is 10.0. The lowest BCUT2D eigenvalue weighted by atomic mass is 9.83. The lowest BCUT2D eigenvalue weighted by Gasteiger charge is -2.36. The molecule has 0 aliphatic heterocycles. The standard InChI is InChI=1S/C12H21NO/c1-13(11-8-3-2-4-9-11)12(14)10-6-5-7-10/h10-11H,2-9H2,1H3. The normalized spacial score (nSPS) is 24.4. The third-order valence-corrected chi connectivity index (χ3v) is 3.92. The summed E-state index contributed by atoms with van der Waals surface area (Å²) >= 11 is 0.